The predicted octanol–water partition coefficient (Wildman–Crippen LogP) is 3.26. The summed E-state index contributed by atoms with van der Waals surface area (Å²) in [7, 11) is 0. The average molecular weight is 352 g/mol. The molecule has 2 aromatic rings. The minimum atomic E-state index is 0.334. The number of allylic oxidation sites excluding steroid dienone is 1. The van der Waals surface area contributed by atoms with Gasteiger partial charge in [0.1, 0.15) is 17.5 Å². The molecule has 3 heterocycles. The summed E-state index contributed by atoms with van der Waals surface area (Å²) in [6.07, 6.45) is 5.08. The fourth-order valence-electron chi connectivity index (χ4n) is 2.84. The quantitative estimate of drug-likeness (QED) is 0.829. The number of H-pyrrole nitrogens is 1. The number of pyridine rings is 1. The third-order valence-corrected chi connectivity index (χ3v) is 4.44. The van der Waals surface area contributed by atoms with Crippen LogP contribution in [0.2, 0.25) is 0 Å². The lowest BCUT2D eigenvalue weighted by Gasteiger charge is -2.29. The van der Waals surface area contributed by atoms with Gasteiger partial charge in [-0.2, -0.15) is 10.4 Å². The number of aromatic nitrogens is 3. The van der Waals surface area contributed by atoms with Crippen molar-refractivity contribution < 1.29 is 4.74 Å². The van der Waals surface area contributed by atoms with E-state index in [4.69, 9.17) is 9.72 Å². The number of nitrogens with one attached hydrogen (secondary N) is 2. The first-order valence-corrected chi connectivity index (χ1v) is 8.88. The molecule has 26 heavy (non-hydrogen) atoms. The van der Waals surface area contributed by atoms with Crippen molar-refractivity contribution in [1.82, 2.24) is 15.2 Å². The summed E-state index contributed by atoms with van der Waals surface area (Å²) in [6, 6.07) is 6.17. The average Bonchev–Trinajstić information content (AvgIpc) is 3.18. The molecule has 0 amide bonds. The smallest absolute Gasteiger partial charge is 0.141 e. The van der Waals surface area contributed by atoms with E-state index < -0.39 is 0 Å². The molecule has 0 bridgehead atoms. The van der Waals surface area contributed by atoms with Crippen LogP contribution in [0.5, 0.6) is 0 Å². The zero-order chi connectivity index (χ0) is 18.4. The van der Waals surface area contributed by atoms with Crippen molar-refractivity contribution in [3.63, 3.8) is 0 Å². The molecule has 1 aliphatic rings. The van der Waals surface area contributed by atoms with Gasteiger partial charge in [-0.25, -0.2) is 4.98 Å². The molecule has 0 spiro atoms. The number of anilines is 3. The van der Waals surface area contributed by atoms with Crippen LogP contribution < -0.4 is 10.2 Å². The summed E-state index contributed by atoms with van der Waals surface area (Å²) in [4.78, 5) is 7.06. The van der Waals surface area contributed by atoms with Crippen LogP contribution in [0.3, 0.4) is 0 Å². The van der Waals surface area contributed by atoms with Crippen molar-refractivity contribution in [3.05, 3.63) is 35.0 Å². The number of nitrogens with zero attached hydrogens (tertiary/aromatic N) is 4. The largest absolute Gasteiger partial charge is 0.378 e. The molecule has 3 rings (SSSR count). The van der Waals surface area contributed by atoms with E-state index in [2.05, 4.69) is 46.4 Å². The standard InChI is InChI=1S/C19H24N6O/c1-3-14(2)12-16-15(4-6-20)13-18(25-8-10-26-11-9-25)23-19(16)22-17-5-7-21-24-17/h5,7,12-13H,3-4,8-11H2,1-2H3,(H2,21,22,23,24). The molecule has 0 unspecified atom stereocenters. The molecule has 1 fully saturated rings. The van der Waals surface area contributed by atoms with E-state index in [9.17, 15) is 5.26 Å². The Hall–Kier alpha value is -2.85. The molecule has 7 heteroatoms. The van der Waals surface area contributed by atoms with Crippen LogP contribution in [-0.4, -0.2) is 41.5 Å². The molecule has 1 aliphatic heterocycles. The molecule has 0 saturated carbocycles. The minimum absolute atomic E-state index is 0.334. The van der Waals surface area contributed by atoms with Gasteiger partial charge in [-0.15, -0.1) is 0 Å². The summed E-state index contributed by atoms with van der Waals surface area (Å²) in [6.45, 7) is 7.18. The van der Waals surface area contributed by atoms with E-state index in [0.717, 1.165) is 48.1 Å². The molecule has 136 valence electrons. The first kappa shape index (κ1) is 18.0. The maximum Gasteiger partial charge on any atom is 0.141 e. The predicted molar refractivity (Wildman–Crippen MR) is 102 cm³/mol. The van der Waals surface area contributed by atoms with Crippen LogP contribution >= 0.6 is 0 Å². The van der Waals surface area contributed by atoms with Crippen molar-refractivity contribution in [2.45, 2.75) is 26.7 Å². The van der Waals surface area contributed by atoms with Gasteiger partial charge in [0, 0.05) is 24.7 Å². The second kappa shape index (κ2) is 8.50. The van der Waals surface area contributed by atoms with Gasteiger partial charge in [0.25, 0.3) is 0 Å². The lowest BCUT2D eigenvalue weighted by Crippen LogP contribution is -2.37. The van der Waals surface area contributed by atoms with Crippen LogP contribution in [0.15, 0.2) is 23.9 Å². The third kappa shape index (κ3) is 4.21. The van der Waals surface area contributed by atoms with E-state index in [1.807, 2.05) is 12.1 Å². The number of hydrogen-bond acceptors (Lipinski definition) is 6. The van der Waals surface area contributed by atoms with Gasteiger partial charge in [0.05, 0.1) is 31.9 Å². The van der Waals surface area contributed by atoms with Crippen molar-refractivity contribution in [2.75, 3.05) is 36.5 Å². The highest BCUT2D eigenvalue weighted by atomic mass is 16.5. The highest BCUT2D eigenvalue weighted by Crippen LogP contribution is 2.29. The molecular formula is C19H24N6O. The van der Waals surface area contributed by atoms with E-state index >= 15 is 0 Å². The van der Waals surface area contributed by atoms with E-state index in [1.165, 1.54) is 5.57 Å². The molecule has 2 aromatic heterocycles. The van der Waals surface area contributed by atoms with Crippen molar-refractivity contribution in [2.24, 2.45) is 0 Å². The second-order valence-corrected chi connectivity index (χ2v) is 6.28. The summed E-state index contributed by atoms with van der Waals surface area (Å²) < 4.78 is 5.45. The van der Waals surface area contributed by atoms with Gasteiger partial charge in [-0.1, -0.05) is 18.6 Å². The summed E-state index contributed by atoms with van der Waals surface area (Å²) in [5, 5.41) is 19.5. The first-order valence-electron chi connectivity index (χ1n) is 8.88. The number of morpholine rings is 1. The van der Waals surface area contributed by atoms with Gasteiger partial charge < -0.3 is 15.0 Å². The zero-order valence-electron chi connectivity index (χ0n) is 15.2. The maximum absolute atomic E-state index is 9.32. The number of hydrogen-bond donors (Lipinski definition) is 2. The van der Waals surface area contributed by atoms with Gasteiger partial charge >= 0.3 is 0 Å². The van der Waals surface area contributed by atoms with Gasteiger partial charge in [-0.3, -0.25) is 5.10 Å². The minimum Gasteiger partial charge on any atom is -0.378 e. The second-order valence-electron chi connectivity index (χ2n) is 6.28. The number of ether oxygens (including phenoxy) is 1. The van der Waals surface area contributed by atoms with Crippen LogP contribution in [0, 0.1) is 11.3 Å². The Morgan fingerprint density at radius 1 is 1.46 bits per heavy atom. The van der Waals surface area contributed by atoms with Gasteiger partial charge in [0.2, 0.25) is 0 Å². The highest BCUT2D eigenvalue weighted by Gasteiger charge is 2.18. The Balaban J connectivity index is 2.08. The summed E-state index contributed by atoms with van der Waals surface area (Å²) in [5.41, 5.74) is 3.16. The van der Waals surface area contributed by atoms with Crippen LogP contribution in [-0.2, 0) is 11.2 Å². The Kier molecular flexibility index (Phi) is 5.87. The number of aromatic amines is 1. The highest BCUT2D eigenvalue weighted by molar-refractivity contribution is 5.74. The molecule has 0 atom stereocenters. The van der Waals surface area contributed by atoms with Crippen LogP contribution in [0.25, 0.3) is 6.08 Å². The monoisotopic (exact) mass is 352 g/mol. The maximum atomic E-state index is 9.32. The first-order chi connectivity index (χ1) is 12.7. The lowest BCUT2D eigenvalue weighted by atomic mass is 10.0. The van der Waals surface area contributed by atoms with E-state index in [-0.39, 0.29) is 0 Å². The van der Waals surface area contributed by atoms with Crippen molar-refractivity contribution >= 4 is 23.5 Å². The molecular weight excluding hydrogens is 328 g/mol. The SMILES string of the molecule is CCC(C)=Cc1c(CC#N)cc(N2CCOCC2)nc1Nc1ccn[nH]1. The molecule has 0 aromatic carbocycles. The van der Waals surface area contributed by atoms with Gasteiger partial charge in [0.15, 0.2) is 0 Å². The van der Waals surface area contributed by atoms with Crippen LogP contribution in [0.1, 0.15) is 31.4 Å². The Morgan fingerprint density at radius 2 is 2.27 bits per heavy atom. The fraction of sp³-hybridized carbons (Fsp3) is 0.421. The number of rotatable bonds is 6. The van der Waals surface area contributed by atoms with Crippen molar-refractivity contribution in [1.29, 1.82) is 5.26 Å². The van der Waals surface area contributed by atoms with E-state index in [0.29, 0.717) is 19.6 Å². The normalized spacial score (nSPS) is 15.0. The zero-order valence-corrected chi connectivity index (χ0v) is 15.2. The lowest BCUT2D eigenvalue weighted by molar-refractivity contribution is 0.122. The van der Waals surface area contributed by atoms with Crippen molar-refractivity contribution in [3.8, 4) is 6.07 Å². The third-order valence-electron chi connectivity index (χ3n) is 4.44. The Labute approximate surface area is 153 Å². The molecule has 2 N–H and O–H groups in total. The fourth-order valence-corrected chi connectivity index (χ4v) is 2.84. The molecule has 7 nitrogen and oxygen atoms in total. The van der Waals surface area contributed by atoms with Crippen LogP contribution in [0.4, 0.5) is 17.5 Å². The molecule has 1 saturated heterocycles. The van der Waals surface area contributed by atoms with Gasteiger partial charge in [-0.05, 0) is 25.0 Å². The molecule has 0 radical (unpaired) electrons. The summed E-state index contributed by atoms with van der Waals surface area (Å²) in [5.74, 6) is 2.37. The summed E-state index contributed by atoms with van der Waals surface area (Å²) >= 11 is 0. The Morgan fingerprint density at radius 3 is 2.92 bits per heavy atom. The molecule has 0 aliphatic carbocycles. The Bertz CT molecular complexity index is 800. The van der Waals surface area contributed by atoms with E-state index in [1.54, 1.807) is 6.20 Å². The topological polar surface area (TPSA) is 89.9 Å². The number of nitriles is 1.